The lowest BCUT2D eigenvalue weighted by Crippen LogP contribution is -2.41. The summed E-state index contributed by atoms with van der Waals surface area (Å²) in [7, 11) is 0. The number of carbonyl (C=O) groups is 2. The van der Waals surface area contributed by atoms with Crippen LogP contribution < -0.4 is 10.1 Å². The molecule has 1 aliphatic carbocycles. The van der Waals surface area contributed by atoms with Crippen LogP contribution >= 0.6 is 0 Å². The molecule has 1 N–H and O–H groups in total. The fourth-order valence-corrected chi connectivity index (χ4v) is 2.27. The normalized spacial score (nSPS) is 16.9. The van der Waals surface area contributed by atoms with Crippen LogP contribution in [0.4, 0.5) is 0 Å². The van der Waals surface area contributed by atoms with E-state index in [0.717, 1.165) is 19.1 Å². The highest BCUT2D eigenvalue weighted by Crippen LogP contribution is 2.18. The molecule has 1 saturated carbocycles. The van der Waals surface area contributed by atoms with Gasteiger partial charge in [0.15, 0.2) is 6.10 Å². The zero-order valence-electron chi connectivity index (χ0n) is 11.1. The number of aldehydes is 1. The molecule has 1 fully saturated rings. The maximum Gasteiger partial charge on any atom is 0.260 e. The van der Waals surface area contributed by atoms with Crippen molar-refractivity contribution in [2.24, 2.45) is 0 Å². The Kier molecular flexibility index (Phi) is 4.55. The van der Waals surface area contributed by atoms with Crippen LogP contribution in [0.2, 0.25) is 0 Å². The molecular weight excluding hydrogens is 242 g/mol. The second-order valence-electron chi connectivity index (χ2n) is 4.94. The molecule has 1 aromatic carbocycles. The van der Waals surface area contributed by atoms with E-state index in [-0.39, 0.29) is 5.91 Å². The third-order valence-corrected chi connectivity index (χ3v) is 3.40. The smallest absolute Gasteiger partial charge is 0.260 e. The van der Waals surface area contributed by atoms with Gasteiger partial charge in [0.2, 0.25) is 0 Å². The highest BCUT2D eigenvalue weighted by Gasteiger charge is 2.21. The third kappa shape index (κ3) is 3.81. The van der Waals surface area contributed by atoms with Gasteiger partial charge in [-0.2, -0.15) is 0 Å². The molecule has 1 atom stereocenters. The van der Waals surface area contributed by atoms with E-state index < -0.39 is 6.10 Å². The zero-order valence-corrected chi connectivity index (χ0v) is 11.1. The van der Waals surface area contributed by atoms with Gasteiger partial charge >= 0.3 is 0 Å². The Morgan fingerprint density at radius 3 is 2.53 bits per heavy atom. The first-order valence-electron chi connectivity index (χ1n) is 6.71. The minimum atomic E-state index is -0.525. The number of carbonyl (C=O) groups excluding carboxylic acids is 2. The summed E-state index contributed by atoms with van der Waals surface area (Å²) >= 11 is 0. The first kappa shape index (κ1) is 13.6. The Bertz CT molecular complexity index is 435. The van der Waals surface area contributed by atoms with Crippen molar-refractivity contribution in [3.05, 3.63) is 29.8 Å². The van der Waals surface area contributed by atoms with Crippen LogP contribution in [-0.4, -0.2) is 24.3 Å². The molecule has 4 heteroatoms. The van der Waals surface area contributed by atoms with Crippen molar-refractivity contribution in [1.29, 1.82) is 0 Å². The van der Waals surface area contributed by atoms with Gasteiger partial charge in [-0.1, -0.05) is 12.8 Å². The van der Waals surface area contributed by atoms with Crippen LogP contribution in [0, 0.1) is 0 Å². The molecule has 4 nitrogen and oxygen atoms in total. The summed E-state index contributed by atoms with van der Waals surface area (Å²) in [6, 6.07) is 7.04. The molecule has 0 heterocycles. The molecule has 0 spiro atoms. The predicted octanol–water partition coefficient (Wildman–Crippen LogP) is 2.33. The predicted molar refractivity (Wildman–Crippen MR) is 72.3 cm³/mol. The minimum Gasteiger partial charge on any atom is -0.481 e. The van der Waals surface area contributed by atoms with Crippen molar-refractivity contribution in [2.75, 3.05) is 0 Å². The Morgan fingerprint density at radius 2 is 1.95 bits per heavy atom. The van der Waals surface area contributed by atoms with Gasteiger partial charge in [-0.3, -0.25) is 9.59 Å². The summed E-state index contributed by atoms with van der Waals surface area (Å²) in [5.41, 5.74) is 0.593. The number of ether oxygens (including phenoxy) is 1. The molecule has 2 rings (SSSR count). The average molecular weight is 261 g/mol. The maximum atomic E-state index is 11.9. The van der Waals surface area contributed by atoms with E-state index in [2.05, 4.69) is 5.32 Å². The van der Waals surface area contributed by atoms with Crippen LogP contribution in [0.3, 0.4) is 0 Å². The second-order valence-corrected chi connectivity index (χ2v) is 4.94. The van der Waals surface area contributed by atoms with E-state index in [1.165, 1.54) is 12.8 Å². The highest BCUT2D eigenvalue weighted by molar-refractivity contribution is 5.81. The van der Waals surface area contributed by atoms with E-state index in [0.29, 0.717) is 17.4 Å². The highest BCUT2D eigenvalue weighted by atomic mass is 16.5. The number of amides is 1. The first-order valence-corrected chi connectivity index (χ1v) is 6.71. The second kappa shape index (κ2) is 6.36. The van der Waals surface area contributed by atoms with Crippen molar-refractivity contribution < 1.29 is 14.3 Å². The standard InChI is InChI=1S/C15H19NO3/c1-11(15(18)16-13-4-2-3-5-13)19-14-8-6-12(10-17)7-9-14/h6-11,13H,2-5H2,1H3,(H,16,18). The maximum absolute atomic E-state index is 11.9. The van der Waals surface area contributed by atoms with E-state index in [1.807, 2.05) is 0 Å². The van der Waals surface area contributed by atoms with Crippen molar-refractivity contribution in [2.45, 2.75) is 44.8 Å². The van der Waals surface area contributed by atoms with Crippen molar-refractivity contribution in [3.63, 3.8) is 0 Å². The average Bonchev–Trinajstić information content (AvgIpc) is 2.92. The van der Waals surface area contributed by atoms with Crippen molar-refractivity contribution >= 4 is 12.2 Å². The van der Waals surface area contributed by atoms with Crippen LogP contribution in [0.5, 0.6) is 5.75 Å². The molecule has 0 radical (unpaired) electrons. The van der Waals surface area contributed by atoms with Gasteiger partial charge in [0.05, 0.1) is 0 Å². The lowest BCUT2D eigenvalue weighted by atomic mass is 10.2. The molecule has 1 unspecified atom stereocenters. The number of hydrogen-bond acceptors (Lipinski definition) is 3. The van der Waals surface area contributed by atoms with Gasteiger partial charge in [0, 0.05) is 11.6 Å². The lowest BCUT2D eigenvalue weighted by molar-refractivity contribution is -0.127. The van der Waals surface area contributed by atoms with E-state index >= 15 is 0 Å². The molecule has 0 saturated heterocycles. The topological polar surface area (TPSA) is 55.4 Å². The summed E-state index contributed by atoms with van der Waals surface area (Å²) < 4.78 is 5.56. The van der Waals surface area contributed by atoms with Gasteiger partial charge in [0.1, 0.15) is 12.0 Å². The monoisotopic (exact) mass is 261 g/mol. The Hall–Kier alpha value is -1.84. The quantitative estimate of drug-likeness (QED) is 0.828. The lowest BCUT2D eigenvalue weighted by Gasteiger charge is -2.18. The zero-order chi connectivity index (χ0) is 13.7. The third-order valence-electron chi connectivity index (χ3n) is 3.40. The Labute approximate surface area is 113 Å². The number of nitrogens with one attached hydrogen (secondary N) is 1. The first-order chi connectivity index (χ1) is 9.19. The fourth-order valence-electron chi connectivity index (χ4n) is 2.27. The minimum absolute atomic E-state index is 0.0774. The Morgan fingerprint density at radius 1 is 1.32 bits per heavy atom. The van der Waals surface area contributed by atoms with Crippen LogP contribution in [-0.2, 0) is 4.79 Å². The van der Waals surface area contributed by atoms with Crippen molar-refractivity contribution in [3.8, 4) is 5.75 Å². The van der Waals surface area contributed by atoms with Crippen LogP contribution in [0.1, 0.15) is 43.0 Å². The molecule has 1 aliphatic rings. The van der Waals surface area contributed by atoms with Gasteiger partial charge in [0.25, 0.3) is 5.91 Å². The molecular formula is C15H19NO3. The molecule has 102 valence electrons. The van der Waals surface area contributed by atoms with Crippen molar-refractivity contribution in [1.82, 2.24) is 5.32 Å². The number of hydrogen-bond donors (Lipinski definition) is 1. The fraction of sp³-hybridized carbons (Fsp3) is 0.467. The van der Waals surface area contributed by atoms with Crippen LogP contribution in [0.15, 0.2) is 24.3 Å². The molecule has 1 aromatic rings. The molecule has 0 aliphatic heterocycles. The van der Waals surface area contributed by atoms with E-state index in [1.54, 1.807) is 31.2 Å². The summed E-state index contributed by atoms with van der Waals surface area (Å²) in [6.07, 6.45) is 4.75. The molecule has 0 aromatic heterocycles. The van der Waals surface area contributed by atoms with E-state index in [4.69, 9.17) is 4.74 Å². The number of rotatable bonds is 5. The van der Waals surface area contributed by atoms with Gasteiger partial charge in [-0.15, -0.1) is 0 Å². The van der Waals surface area contributed by atoms with Crippen LogP contribution in [0.25, 0.3) is 0 Å². The molecule has 1 amide bonds. The largest absolute Gasteiger partial charge is 0.481 e. The SMILES string of the molecule is CC(Oc1ccc(C=O)cc1)C(=O)NC1CCCC1. The summed E-state index contributed by atoms with van der Waals surface area (Å²) in [5.74, 6) is 0.519. The summed E-state index contributed by atoms with van der Waals surface area (Å²) in [6.45, 7) is 1.73. The molecule has 19 heavy (non-hydrogen) atoms. The summed E-state index contributed by atoms with van der Waals surface area (Å²) in [5, 5.41) is 3.00. The van der Waals surface area contributed by atoms with E-state index in [9.17, 15) is 9.59 Å². The van der Waals surface area contributed by atoms with Gasteiger partial charge < -0.3 is 10.1 Å². The summed E-state index contributed by atoms with van der Waals surface area (Å²) in [4.78, 5) is 22.5. The number of benzene rings is 1. The Balaban J connectivity index is 1.86. The molecule has 0 bridgehead atoms. The van der Waals surface area contributed by atoms with Gasteiger partial charge in [-0.25, -0.2) is 0 Å². The van der Waals surface area contributed by atoms with Gasteiger partial charge in [-0.05, 0) is 44.0 Å².